The van der Waals surface area contributed by atoms with Crippen molar-refractivity contribution in [2.75, 3.05) is 0 Å². The summed E-state index contributed by atoms with van der Waals surface area (Å²) in [5, 5.41) is 11.9. The van der Waals surface area contributed by atoms with Gasteiger partial charge in [-0.25, -0.2) is 14.6 Å². The third kappa shape index (κ3) is 4.82. The highest BCUT2D eigenvalue weighted by molar-refractivity contribution is 5.85. The quantitative estimate of drug-likeness (QED) is 0.384. The number of carbonyl (C=O) groups excluding carboxylic acids is 2. The van der Waals surface area contributed by atoms with Crippen LogP contribution in [0.4, 0.5) is 0 Å². The summed E-state index contributed by atoms with van der Waals surface area (Å²) >= 11 is 0. The number of carboxylic acid groups (broad SMARTS) is 1. The van der Waals surface area contributed by atoms with E-state index < -0.39 is 47.9 Å². The van der Waals surface area contributed by atoms with Crippen molar-refractivity contribution < 1.29 is 43.5 Å². The van der Waals surface area contributed by atoms with Gasteiger partial charge in [0, 0.05) is 24.7 Å². The van der Waals surface area contributed by atoms with E-state index in [-0.39, 0.29) is 36.5 Å². The smallest absolute Gasteiger partial charge is 0.326 e. The molecule has 10 heteroatoms. The lowest BCUT2D eigenvalue weighted by Crippen LogP contribution is -2.70. The van der Waals surface area contributed by atoms with Gasteiger partial charge in [-0.15, -0.1) is 0 Å². The van der Waals surface area contributed by atoms with E-state index in [4.69, 9.17) is 24.0 Å². The van der Waals surface area contributed by atoms with Crippen molar-refractivity contribution in [2.24, 2.45) is 29.6 Å². The maximum Gasteiger partial charge on any atom is 0.326 e. The monoisotopic (exact) mass is 497 g/mol. The van der Waals surface area contributed by atoms with Crippen LogP contribution in [0.1, 0.15) is 79.6 Å². The lowest BCUT2D eigenvalue weighted by atomic mass is 9.58. The first-order valence-electron chi connectivity index (χ1n) is 12.9. The summed E-state index contributed by atoms with van der Waals surface area (Å²) in [6, 6.07) is -0.991. The normalized spacial score (nSPS) is 41.7. The van der Waals surface area contributed by atoms with Crippen molar-refractivity contribution >= 4 is 17.8 Å². The highest BCUT2D eigenvalue weighted by Gasteiger charge is 2.69. The lowest BCUT2D eigenvalue weighted by molar-refractivity contribution is -0.576. The number of aliphatic carboxylic acids is 1. The molecule has 0 radical (unpaired) electrons. The van der Waals surface area contributed by atoms with Crippen molar-refractivity contribution in [2.45, 2.75) is 110 Å². The van der Waals surface area contributed by atoms with Gasteiger partial charge in [-0.05, 0) is 43.9 Å². The molecule has 5 aliphatic rings. The molecule has 1 amide bonds. The minimum Gasteiger partial charge on any atom is -0.480 e. The zero-order valence-electron chi connectivity index (χ0n) is 21.3. The van der Waals surface area contributed by atoms with Gasteiger partial charge in [-0.1, -0.05) is 34.1 Å². The number of rotatable bonds is 8. The average Bonchev–Trinajstić information content (AvgIpc) is 3.04. The molecule has 10 atom stereocenters. The Morgan fingerprint density at radius 3 is 2.54 bits per heavy atom. The molecular formula is C25H39NO9. The van der Waals surface area contributed by atoms with Crippen molar-refractivity contribution in [3.8, 4) is 0 Å². The summed E-state index contributed by atoms with van der Waals surface area (Å²) < 4.78 is 18.2. The van der Waals surface area contributed by atoms with Gasteiger partial charge in [0.1, 0.15) is 6.04 Å². The van der Waals surface area contributed by atoms with E-state index in [0.29, 0.717) is 18.8 Å². The second kappa shape index (κ2) is 9.95. The number of esters is 1. The van der Waals surface area contributed by atoms with E-state index in [1.807, 2.05) is 20.8 Å². The van der Waals surface area contributed by atoms with Crippen LogP contribution in [0.3, 0.4) is 0 Å². The predicted molar refractivity (Wildman–Crippen MR) is 121 cm³/mol. The average molecular weight is 498 g/mol. The molecule has 4 heterocycles. The van der Waals surface area contributed by atoms with Crippen LogP contribution < -0.4 is 5.32 Å². The number of ether oxygens (including phenoxy) is 3. The van der Waals surface area contributed by atoms with Crippen LogP contribution >= 0.6 is 0 Å². The Hall–Kier alpha value is -1.75. The number of fused-ring (bicyclic) bond motifs is 2. The first-order chi connectivity index (χ1) is 16.5. The Morgan fingerprint density at radius 1 is 1.11 bits per heavy atom. The number of amides is 1. The Morgan fingerprint density at radius 2 is 1.86 bits per heavy atom. The van der Waals surface area contributed by atoms with Gasteiger partial charge in [0.15, 0.2) is 11.9 Å². The fraction of sp³-hybridized carbons (Fsp3) is 0.880. The molecule has 5 rings (SSSR count). The lowest BCUT2D eigenvalue weighted by Gasteiger charge is -2.59. The molecule has 2 N–H and O–H groups in total. The maximum absolute atomic E-state index is 12.7. The summed E-state index contributed by atoms with van der Waals surface area (Å²) in [5.41, 5.74) is -0.738. The van der Waals surface area contributed by atoms with E-state index in [2.05, 4.69) is 12.2 Å². The SMILES string of the molecule is CC[C@H](C)[C@H](NC(=O)CCC(=O)O[C@@H]1O[C@@H]2O[C@]3(C)CC[C@H]4[C@H](C)CC[C@@H]([C@H]1C)[C@@]24OO3)C(=O)O. The molecule has 5 fully saturated rings. The van der Waals surface area contributed by atoms with Gasteiger partial charge in [-0.2, -0.15) is 0 Å². The summed E-state index contributed by atoms with van der Waals surface area (Å²) in [6.07, 6.45) is 2.23. The van der Waals surface area contributed by atoms with Gasteiger partial charge in [0.25, 0.3) is 0 Å². The molecule has 4 aliphatic heterocycles. The Bertz CT molecular complexity index is 836. The Balaban J connectivity index is 1.39. The van der Waals surface area contributed by atoms with E-state index in [1.54, 1.807) is 6.92 Å². The molecule has 1 saturated carbocycles. The number of nitrogens with one attached hydrogen (secondary N) is 1. The third-order valence-electron chi connectivity index (χ3n) is 8.70. The molecular weight excluding hydrogens is 458 g/mol. The molecule has 198 valence electrons. The molecule has 1 aliphatic carbocycles. The van der Waals surface area contributed by atoms with Crippen molar-refractivity contribution in [3.63, 3.8) is 0 Å². The fourth-order valence-corrected chi connectivity index (χ4v) is 6.34. The molecule has 4 saturated heterocycles. The highest BCUT2D eigenvalue weighted by Crippen LogP contribution is 2.60. The molecule has 2 bridgehead atoms. The Labute approximate surface area is 206 Å². The molecule has 0 aromatic rings. The van der Waals surface area contributed by atoms with Gasteiger partial charge in [0.2, 0.25) is 18.0 Å². The molecule has 35 heavy (non-hydrogen) atoms. The Kier molecular flexibility index (Phi) is 7.48. The minimum atomic E-state index is -1.09. The third-order valence-corrected chi connectivity index (χ3v) is 8.70. The molecule has 0 aromatic carbocycles. The molecule has 0 aromatic heterocycles. The van der Waals surface area contributed by atoms with E-state index >= 15 is 0 Å². The second-order valence-corrected chi connectivity index (χ2v) is 11.0. The topological polar surface area (TPSA) is 130 Å². The summed E-state index contributed by atoms with van der Waals surface area (Å²) in [7, 11) is 0. The van der Waals surface area contributed by atoms with Gasteiger partial charge < -0.3 is 24.6 Å². The summed E-state index contributed by atoms with van der Waals surface area (Å²) in [4.78, 5) is 48.3. The van der Waals surface area contributed by atoms with Crippen LogP contribution in [-0.2, 0) is 38.4 Å². The number of carbonyl (C=O) groups is 3. The van der Waals surface area contributed by atoms with Gasteiger partial charge >= 0.3 is 11.9 Å². The number of carboxylic acids is 1. The maximum atomic E-state index is 12.7. The number of hydrogen-bond acceptors (Lipinski definition) is 8. The van der Waals surface area contributed by atoms with Crippen LogP contribution in [0.25, 0.3) is 0 Å². The van der Waals surface area contributed by atoms with Crippen LogP contribution in [0.15, 0.2) is 0 Å². The highest BCUT2D eigenvalue weighted by atomic mass is 17.3. The largest absolute Gasteiger partial charge is 0.480 e. The van der Waals surface area contributed by atoms with Crippen LogP contribution in [0.2, 0.25) is 0 Å². The zero-order valence-corrected chi connectivity index (χ0v) is 21.3. The van der Waals surface area contributed by atoms with Crippen LogP contribution in [-0.4, -0.2) is 53.0 Å². The molecule has 10 nitrogen and oxygen atoms in total. The summed E-state index contributed by atoms with van der Waals surface area (Å²) in [5.74, 6) is -2.80. The van der Waals surface area contributed by atoms with Crippen LogP contribution in [0, 0.1) is 29.6 Å². The van der Waals surface area contributed by atoms with Gasteiger partial charge in [-0.3, -0.25) is 9.59 Å². The first kappa shape index (κ1) is 26.3. The van der Waals surface area contributed by atoms with Crippen LogP contribution in [0.5, 0.6) is 0 Å². The minimum absolute atomic E-state index is 0.0260. The fourth-order valence-electron chi connectivity index (χ4n) is 6.34. The van der Waals surface area contributed by atoms with E-state index in [0.717, 1.165) is 19.3 Å². The number of hydrogen-bond donors (Lipinski definition) is 2. The molecule has 1 spiro atoms. The van der Waals surface area contributed by atoms with Gasteiger partial charge in [0.05, 0.1) is 6.42 Å². The first-order valence-corrected chi connectivity index (χ1v) is 12.9. The standard InChI is InChI=1S/C25H39NO9/c1-6-13(2)20(21(29)30)26-18(27)9-10-19(28)31-22-15(4)17-8-7-14(3)16-11-12-24(5)33-23(32-22)25(16,17)35-34-24/h13-17,20,22-23H,6-12H2,1-5H3,(H,26,27)(H,29,30)/t13-,14+,15+,16-,17-,20-,22+,23+,24-,25+/m0/s1. The van der Waals surface area contributed by atoms with E-state index in [9.17, 15) is 19.5 Å². The molecule has 0 unspecified atom stereocenters. The van der Waals surface area contributed by atoms with Crippen molar-refractivity contribution in [1.82, 2.24) is 5.32 Å². The summed E-state index contributed by atoms with van der Waals surface area (Å²) in [6.45, 7) is 9.67. The zero-order chi connectivity index (χ0) is 25.5. The van der Waals surface area contributed by atoms with E-state index in [1.165, 1.54) is 0 Å². The predicted octanol–water partition coefficient (Wildman–Crippen LogP) is 3.13. The van der Waals surface area contributed by atoms with Crippen molar-refractivity contribution in [1.29, 1.82) is 0 Å². The second-order valence-electron chi connectivity index (χ2n) is 11.0. The van der Waals surface area contributed by atoms with Crippen molar-refractivity contribution in [3.05, 3.63) is 0 Å².